The molecule has 1 unspecified atom stereocenters. The van der Waals surface area contributed by atoms with E-state index in [-0.39, 0.29) is 12.2 Å². The van der Waals surface area contributed by atoms with Crippen LogP contribution >= 0.6 is 0 Å². The van der Waals surface area contributed by atoms with Crippen LogP contribution in [0.2, 0.25) is 0 Å². The van der Waals surface area contributed by atoms with Crippen molar-refractivity contribution in [3.63, 3.8) is 0 Å². The normalized spacial score (nSPS) is 16.0. The Morgan fingerprint density at radius 2 is 1.96 bits per heavy atom. The number of nitrogens with one attached hydrogen (secondary N) is 3. The van der Waals surface area contributed by atoms with Gasteiger partial charge in [-0.2, -0.15) is 4.31 Å². The number of hydrogen-bond acceptors (Lipinski definition) is 6. The smallest absolute Gasteiger partial charge is 0.323 e. The van der Waals surface area contributed by atoms with Gasteiger partial charge in [0.25, 0.3) is 5.91 Å². The van der Waals surface area contributed by atoms with Gasteiger partial charge >= 0.3 is 6.03 Å². The van der Waals surface area contributed by atoms with Crippen LogP contribution in [0, 0.1) is 5.82 Å². The van der Waals surface area contributed by atoms with Gasteiger partial charge in [0.15, 0.2) is 29.6 Å². The first kappa shape index (κ1) is 18.6. The number of ether oxygens (including phenoxy) is 1. The minimum Gasteiger partial charge on any atom is -0.568 e. The Bertz CT molecular complexity index is 857. The molecule has 0 saturated carbocycles. The second-order valence-electron chi connectivity index (χ2n) is 5.44. The number of methoxy groups -OCH3 is 1. The Hall–Kier alpha value is -3.18. The Kier molecular flexibility index (Phi) is 5.23. The van der Waals surface area contributed by atoms with Crippen molar-refractivity contribution in [3.05, 3.63) is 42.2 Å². The summed E-state index contributed by atoms with van der Waals surface area (Å²) in [4.78, 5) is 23.3. The predicted octanol–water partition coefficient (Wildman–Crippen LogP) is 1.70. The van der Waals surface area contributed by atoms with Crippen molar-refractivity contribution < 1.29 is 28.4 Å². The zero-order valence-electron chi connectivity index (χ0n) is 14.0. The number of aromatic hydroxyl groups is 1. The molecule has 2 aromatic rings. The Morgan fingerprint density at radius 3 is 2.52 bits per heavy atom. The Balaban J connectivity index is 1.72. The summed E-state index contributed by atoms with van der Waals surface area (Å²) in [5.41, 5.74) is 0.0588. The third kappa shape index (κ3) is 4.15. The molecule has 0 radical (unpaired) electrons. The van der Waals surface area contributed by atoms with Crippen molar-refractivity contribution in [1.29, 1.82) is 0 Å². The maximum absolute atomic E-state index is 14.4. The SMILES string of the molecule is COc1ccc(NC(=O)Nc2cc(O)c(N3CC(=O)N[S+]3[O-])c(F)c2)cc1. The van der Waals surface area contributed by atoms with Crippen LogP contribution in [-0.4, -0.2) is 35.3 Å². The monoisotopic (exact) mass is 394 g/mol. The van der Waals surface area contributed by atoms with E-state index in [2.05, 4.69) is 15.4 Å². The molecule has 142 valence electrons. The van der Waals surface area contributed by atoms with Gasteiger partial charge in [0.2, 0.25) is 0 Å². The first-order chi connectivity index (χ1) is 12.9. The largest absolute Gasteiger partial charge is 0.568 e. The quantitative estimate of drug-likeness (QED) is 0.585. The lowest BCUT2D eigenvalue weighted by Crippen LogP contribution is -2.30. The highest BCUT2D eigenvalue weighted by Gasteiger charge is 2.37. The van der Waals surface area contributed by atoms with Crippen LogP contribution in [0.4, 0.5) is 26.2 Å². The molecule has 3 amide bonds. The first-order valence-corrected chi connectivity index (χ1v) is 8.71. The molecular formula is C16H15FN4O5S. The van der Waals surface area contributed by atoms with Crippen molar-refractivity contribution in [2.75, 3.05) is 28.6 Å². The molecule has 1 aliphatic rings. The molecule has 9 nitrogen and oxygen atoms in total. The summed E-state index contributed by atoms with van der Waals surface area (Å²) in [6, 6.07) is 7.92. The fourth-order valence-electron chi connectivity index (χ4n) is 2.41. The molecule has 0 spiro atoms. The number of anilines is 3. The van der Waals surface area contributed by atoms with Crippen molar-refractivity contribution in [2.24, 2.45) is 0 Å². The van der Waals surface area contributed by atoms with Crippen LogP contribution in [0.3, 0.4) is 0 Å². The number of carbonyl (C=O) groups is 2. The predicted molar refractivity (Wildman–Crippen MR) is 97.3 cm³/mol. The molecule has 2 aromatic carbocycles. The zero-order valence-corrected chi connectivity index (χ0v) is 14.8. The van der Waals surface area contributed by atoms with Gasteiger partial charge in [-0.1, -0.05) is 0 Å². The molecule has 1 aliphatic heterocycles. The summed E-state index contributed by atoms with van der Waals surface area (Å²) < 4.78 is 34.1. The third-order valence-corrected chi connectivity index (χ3v) is 4.70. The maximum Gasteiger partial charge on any atom is 0.323 e. The highest BCUT2D eigenvalue weighted by atomic mass is 32.2. The second-order valence-corrected chi connectivity index (χ2v) is 6.59. The van der Waals surface area contributed by atoms with Gasteiger partial charge in [0, 0.05) is 23.5 Å². The van der Waals surface area contributed by atoms with Crippen LogP contribution in [-0.2, 0) is 16.3 Å². The van der Waals surface area contributed by atoms with Gasteiger partial charge < -0.3 is 25.0 Å². The summed E-state index contributed by atoms with van der Waals surface area (Å²) in [5.74, 6) is -1.46. The van der Waals surface area contributed by atoms with Gasteiger partial charge in [-0.15, -0.1) is 4.72 Å². The summed E-state index contributed by atoms with van der Waals surface area (Å²) in [5, 5.41) is 15.0. The standard InChI is InChI=1S/C16H15FN4O5S/c1-26-11-4-2-9(3-5-11)18-16(24)19-10-6-12(17)15(13(22)7-10)21-8-14(23)20-27(21)25/h2-7,22H,8H2,1H3,(H,20,23)(H2,18,19,24). The molecule has 0 bridgehead atoms. The molecule has 1 heterocycles. The number of rotatable bonds is 4. The Morgan fingerprint density at radius 1 is 1.30 bits per heavy atom. The first-order valence-electron chi connectivity index (χ1n) is 7.61. The van der Waals surface area contributed by atoms with E-state index < -0.39 is 40.7 Å². The number of carbonyl (C=O) groups excluding carboxylic acids is 2. The molecular weight excluding hydrogens is 379 g/mol. The van der Waals surface area contributed by atoms with Crippen LogP contribution in [0.15, 0.2) is 36.4 Å². The van der Waals surface area contributed by atoms with Crippen LogP contribution in [0.25, 0.3) is 0 Å². The fourth-order valence-corrected chi connectivity index (χ4v) is 3.36. The topological polar surface area (TPSA) is 126 Å². The number of benzene rings is 2. The van der Waals surface area contributed by atoms with Crippen LogP contribution < -0.4 is 24.4 Å². The van der Waals surface area contributed by atoms with Gasteiger partial charge in [-0.05, 0) is 24.3 Å². The highest BCUT2D eigenvalue weighted by Crippen LogP contribution is 2.36. The lowest BCUT2D eigenvalue weighted by Gasteiger charge is -2.18. The van der Waals surface area contributed by atoms with E-state index in [0.29, 0.717) is 11.4 Å². The molecule has 11 heteroatoms. The summed E-state index contributed by atoms with van der Waals surface area (Å²) in [6.07, 6.45) is 0. The number of hydrogen-bond donors (Lipinski definition) is 4. The van der Waals surface area contributed by atoms with Crippen molar-refractivity contribution in [1.82, 2.24) is 4.72 Å². The second kappa shape index (κ2) is 7.60. The summed E-state index contributed by atoms with van der Waals surface area (Å²) in [7, 11) is 1.52. The minimum absolute atomic E-state index is 0.0240. The molecule has 1 saturated heterocycles. The summed E-state index contributed by atoms with van der Waals surface area (Å²) in [6.45, 7) is -0.359. The van der Waals surface area contributed by atoms with E-state index in [1.807, 2.05) is 0 Å². The number of urea groups is 1. The molecule has 1 fully saturated rings. The van der Waals surface area contributed by atoms with Crippen molar-refractivity contribution >= 4 is 40.5 Å². The van der Waals surface area contributed by atoms with Crippen molar-refractivity contribution in [2.45, 2.75) is 0 Å². The average Bonchev–Trinajstić information content (AvgIpc) is 2.93. The van der Waals surface area contributed by atoms with Gasteiger partial charge in [-0.3, -0.25) is 4.79 Å². The number of phenolic OH excluding ortho intramolecular Hbond substituents is 1. The molecule has 4 N–H and O–H groups in total. The lowest BCUT2D eigenvalue weighted by molar-refractivity contribution is -0.117. The number of halogens is 1. The molecule has 0 aliphatic carbocycles. The Labute approximate surface area is 156 Å². The molecule has 3 rings (SSSR count). The van der Waals surface area contributed by atoms with Crippen LogP contribution in [0.5, 0.6) is 11.5 Å². The average molecular weight is 394 g/mol. The van der Waals surface area contributed by atoms with Crippen molar-refractivity contribution in [3.8, 4) is 11.5 Å². The van der Waals surface area contributed by atoms with E-state index in [1.165, 1.54) is 7.11 Å². The van der Waals surface area contributed by atoms with Gasteiger partial charge in [-0.25, -0.2) is 9.18 Å². The fraction of sp³-hybridized carbons (Fsp3) is 0.125. The lowest BCUT2D eigenvalue weighted by atomic mass is 10.2. The van der Waals surface area contributed by atoms with Crippen LogP contribution in [0.1, 0.15) is 0 Å². The number of amides is 3. The van der Waals surface area contributed by atoms with E-state index in [9.17, 15) is 23.6 Å². The van der Waals surface area contributed by atoms with E-state index in [4.69, 9.17) is 4.74 Å². The zero-order chi connectivity index (χ0) is 19.6. The van der Waals surface area contributed by atoms with E-state index in [0.717, 1.165) is 16.4 Å². The van der Waals surface area contributed by atoms with E-state index in [1.54, 1.807) is 24.3 Å². The number of phenols is 1. The molecule has 1 atom stereocenters. The minimum atomic E-state index is -1.99. The van der Waals surface area contributed by atoms with Gasteiger partial charge in [0.1, 0.15) is 11.5 Å². The maximum atomic E-state index is 14.4. The number of nitrogens with zero attached hydrogens (tertiary/aromatic N) is 1. The van der Waals surface area contributed by atoms with E-state index >= 15 is 0 Å². The molecule has 0 aromatic heterocycles. The highest BCUT2D eigenvalue weighted by molar-refractivity contribution is 7.92. The molecule has 27 heavy (non-hydrogen) atoms. The summed E-state index contributed by atoms with van der Waals surface area (Å²) >= 11 is -1.99. The third-order valence-electron chi connectivity index (χ3n) is 3.59. The van der Waals surface area contributed by atoms with Gasteiger partial charge in [0.05, 0.1) is 7.11 Å².